The van der Waals surface area contributed by atoms with Crippen LogP contribution in [-0.4, -0.2) is 39.0 Å². The number of ether oxygens (including phenoxy) is 2. The van der Waals surface area contributed by atoms with Gasteiger partial charge in [0.05, 0.1) is 19.3 Å². The minimum absolute atomic E-state index is 0.480. The molecule has 2 fully saturated rings. The maximum Gasteiger partial charge on any atom is 0.0626 e. The first-order valence-electron chi connectivity index (χ1n) is 6.26. The zero-order valence-corrected chi connectivity index (χ0v) is 9.71. The maximum atomic E-state index is 5.95. The number of nitrogens with one attached hydrogen (secondary N) is 1. The van der Waals surface area contributed by atoms with Gasteiger partial charge in [0.25, 0.3) is 0 Å². The Morgan fingerprint density at radius 2 is 2.13 bits per heavy atom. The number of hydrogen-bond donors (Lipinski definition) is 1. The Kier molecular flexibility index (Phi) is 4.42. The lowest BCUT2D eigenvalue weighted by Gasteiger charge is -2.23. The van der Waals surface area contributed by atoms with E-state index in [4.69, 9.17) is 9.47 Å². The predicted molar refractivity (Wildman–Crippen MR) is 60.0 cm³/mol. The topological polar surface area (TPSA) is 30.5 Å². The van der Waals surface area contributed by atoms with Crippen molar-refractivity contribution < 1.29 is 9.47 Å². The monoisotopic (exact) mass is 213 g/mol. The van der Waals surface area contributed by atoms with E-state index in [1.54, 1.807) is 0 Å². The molecule has 1 heterocycles. The van der Waals surface area contributed by atoms with Gasteiger partial charge in [-0.2, -0.15) is 0 Å². The molecule has 1 saturated heterocycles. The average molecular weight is 213 g/mol. The Balaban J connectivity index is 1.69. The summed E-state index contributed by atoms with van der Waals surface area (Å²) in [5.41, 5.74) is 0. The average Bonchev–Trinajstić information content (AvgIpc) is 2.90. The molecule has 2 atom stereocenters. The van der Waals surface area contributed by atoms with Crippen molar-refractivity contribution in [2.75, 3.05) is 26.9 Å². The molecule has 0 amide bonds. The molecule has 3 heteroatoms. The van der Waals surface area contributed by atoms with Gasteiger partial charge in [0.2, 0.25) is 0 Å². The highest BCUT2D eigenvalue weighted by molar-refractivity contribution is 4.79. The minimum atomic E-state index is 0.480. The Morgan fingerprint density at radius 1 is 1.33 bits per heavy atom. The summed E-state index contributed by atoms with van der Waals surface area (Å²) < 4.78 is 11.4. The van der Waals surface area contributed by atoms with Crippen molar-refractivity contribution in [1.82, 2.24) is 5.32 Å². The predicted octanol–water partition coefficient (Wildman–Crippen LogP) is 1.57. The minimum Gasteiger partial charge on any atom is -0.381 e. The maximum absolute atomic E-state index is 5.95. The zero-order chi connectivity index (χ0) is 10.5. The van der Waals surface area contributed by atoms with Gasteiger partial charge in [-0.15, -0.1) is 0 Å². The van der Waals surface area contributed by atoms with Crippen LogP contribution in [0, 0.1) is 5.92 Å². The lowest BCUT2D eigenvalue weighted by molar-refractivity contribution is 0.0314. The smallest absolute Gasteiger partial charge is 0.0626 e. The van der Waals surface area contributed by atoms with Gasteiger partial charge in [0.15, 0.2) is 0 Å². The van der Waals surface area contributed by atoms with E-state index in [1.807, 2.05) is 7.05 Å². The van der Waals surface area contributed by atoms with Crippen molar-refractivity contribution in [1.29, 1.82) is 0 Å². The van der Waals surface area contributed by atoms with Crippen LogP contribution in [0.2, 0.25) is 0 Å². The number of likely N-dealkylation sites (N-methyl/N-ethyl adjacent to an activating group) is 1. The lowest BCUT2D eigenvalue weighted by Crippen LogP contribution is -2.39. The third-order valence-corrected chi connectivity index (χ3v) is 3.72. The van der Waals surface area contributed by atoms with Crippen molar-refractivity contribution in [2.45, 2.75) is 44.2 Å². The molecule has 0 aromatic heterocycles. The van der Waals surface area contributed by atoms with Crippen LogP contribution < -0.4 is 5.32 Å². The van der Waals surface area contributed by atoms with Crippen LogP contribution in [0.5, 0.6) is 0 Å². The van der Waals surface area contributed by atoms with Crippen LogP contribution in [0.25, 0.3) is 0 Å². The van der Waals surface area contributed by atoms with E-state index < -0.39 is 0 Å². The summed E-state index contributed by atoms with van der Waals surface area (Å²) in [7, 11) is 2.03. The molecule has 1 N–H and O–H groups in total. The highest BCUT2D eigenvalue weighted by Gasteiger charge is 2.26. The van der Waals surface area contributed by atoms with Crippen molar-refractivity contribution >= 4 is 0 Å². The van der Waals surface area contributed by atoms with Crippen LogP contribution >= 0.6 is 0 Å². The van der Waals surface area contributed by atoms with Gasteiger partial charge in [0, 0.05) is 18.6 Å². The SMILES string of the molecule is CNC(COC1CCCC1)C1CCOC1. The third kappa shape index (κ3) is 3.16. The molecule has 0 radical (unpaired) electrons. The highest BCUT2D eigenvalue weighted by Crippen LogP contribution is 2.23. The first kappa shape index (κ1) is 11.4. The second kappa shape index (κ2) is 5.83. The molecule has 88 valence electrons. The molecule has 2 rings (SSSR count). The first-order valence-corrected chi connectivity index (χ1v) is 6.26. The van der Waals surface area contributed by atoms with E-state index in [2.05, 4.69) is 5.32 Å². The van der Waals surface area contributed by atoms with Crippen molar-refractivity contribution in [3.05, 3.63) is 0 Å². The van der Waals surface area contributed by atoms with Crippen molar-refractivity contribution in [3.8, 4) is 0 Å². The molecule has 15 heavy (non-hydrogen) atoms. The van der Waals surface area contributed by atoms with E-state index in [1.165, 1.54) is 32.1 Å². The Hall–Kier alpha value is -0.120. The van der Waals surface area contributed by atoms with Gasteiger partial charge >= 0.3 is 0 Å². The normalized spacial score (nSPS) is 29.8. The van der Waals surface area contributed by atoms with Gasteiger partial charge < -0.3 is 14.8 Å². The molecule has 2 aliphatic rings. The molecular formula is C12H23NO2. The van der Waals surface area contributed by atoms with Gasteiger partial charge in [-0.05, 0) is 26.3 Å². The first-order chi connectivity index (χ1) is 7.40. The lowest BCUT2D eigenvalue weighted by atomic mass is 10.00. The van der Waals surface area contributed by atoms with Gasteiger partial charge in [-0.3, -0.25) is 0 Å². The summed E-state index contributed by atoms with van der Waals surface area (Å²) in [6.07, 6.45) is 6.93. The summed E-state index contributed by atoms with van der Waals surface area (Å²) in [6.45, 7) is 2.68. The summed E-state index contributed by atoms with van der Waals surface area (Å²) in [5.74, 6) is 0.649. The van der Waals surface area contributed by atoms with Crippen LogP contribution in [0.15, 0.2) is 0 Å². The zero-order valence-electron chi connectivity index (χ0n) is 9.71. The van der Waals surface area contributed by atoms with E-state index in [0.717, 1.165) is 19.8 Å². The fraction of sp³-hybridized carbons (Fsp3) is 1.00. The van der Waals surface area contributed by atoms with Crippen LogP contribution in [-0.2, 0) is 9.47 Å². The van der Waals surface area contributed by atoms with E-state index in [9.17, 15) is 0 Å². The van der Waals surface area contributed by atoms with Crippen LogP contribution in [0.3, 0.4) is 0 Å². The Labute approximate surface area is 92.5 Å². The fourth-order valence-electron chi connectivity index (χ4n) is 2.62. The highest BCUT2D eigenvalue weighted by atomic mass is 16.5. The largest absolute Gasteiger partial charge is 0.381 e. The molecule has 0 bridgehead atoms. The number of hydrogen-bond acceptors (Lipinski definition) is 3. The second-order valence-electron chi connectivity index (χ2n) is 4.76. The fourth-order valence-corrected chi connectivity index (χ4v) is 2.62. The second-order valence-corrected chi connectivity index (χ2v) is 4.76. The van der Waals surface area contributed by atoms with E-state index >= 15 is 0 Å². The van der Waals surface area contributed by atoms with E-state index in [0.29, 0.717) is 18.1 Å². The molecule has 0 aromatic rings. The molecule has 0 aromatic carbocycles. The Bertz CT molecular complexity index is 174. The van der Waals surface area contributed by atoms with Gasteiger partial charge in [-0.1, -0.05) is 12.8 Å². The third-order valence-electron chi connectivity index (χ3n) is 3.72. The van der Waals surface area contributed by atoms with Gasteiger partial charge in [-0.25, -0.2) is 0 Å². The van der Waals surface area contributed by atoms with Crippen molar-refractivity contribution in [3.63, 3.8) is 0 Å². The molecule has 1 saturated carbocycles. The molecule has 0 spiro atoms. The summed E-state index contributed by atoms with van der Waals surface area (Å²) in [6, 6.07) is 0.480. The summed E-state index contributed by atoms with van der Waals surface area (Å²) in [4.78, 5) is 0. The molecule has 1 aliphatic carbocycles. The van der Waals surface area contributed by atoms with Crippen LogP contribution in [0.1, 0.15) is 32.1 Å². The Morgan fingerprint density at radius 3 is 2.73 bits per heavy atom. The molecule has 3 nitrogen and oxygen atoms in total. The molecule has 2 unspecified atom stereocenters. The summed E-state index contributed by atoms with van der Waals surface area (Å²) >= 11 is 0. The quantitative estimate of drug-likeness (QED) is 0.752. The molecule has 1 aliphatic heterocycles. The number of rotatable bonds is 5. The molecular weight excluding hydrogens is 190 g/mol. The van der Waals surface area contributed by atoms with E-state index in [-0.39, 0.29) is 0 Å². The summed E-state index contributed by atoms with van der Waals surface area (Å²) in [5, 5.41) is 3.36. The van der Waals surface area contributed by atoms with Crippen molar-refractivity contribution in [2.24, 2.45) is 5.92 Å². The standard InChI is InChI=1S/C12H23NO2/c1-13-12(10-6-7-14-8-10)9-15-11-4-2-3-5-11/h10-13H,2-9H2,1H3. The van der Waals surface area contributed by atoms with Gasteiger partial charge in [0.1, 0.15) is 0 Å². The van der Waals surface area contributed by atoms with Crippen LogP contribution in [0.4, 0.5) is 0 Å².